The number of rotatable bonds is 6. The highest BCUT2D eigenvalue weighted by atomic mass is 16.6. The Balaban J connectivity index is 1.55. The Bertz CT molecular complexity index is 1030. The molecular formula is C20H18N4O5. The molecule has 0 atom stereocenters. The number of hydrogen-bond acceptors (Lipinski definition) is 5. The lowest BCUT2D eigenvalue weighted by Gasteiger charge is -2.09. The lowest BCUT2D eigenvalue weighted by atomic mass is 10.1. The first-order chi connectivity index (χ1) is 13.9. The largest absolute Gasteiger partial charge is 0.467 e. The van der Waals surface area contributed by atoms with Crippen LogP contribution in [-0.2, 0) is 6.54 Å². The van der Waals surface area contributed by atoms with Gasteiger partial charge in [0.05, 0.1) is 17.7 Å². The summed E-state index contributed by atoms with van der Waals surface area (Å²) in [5.41, 5.74) is 1.75. The van der Waals surface area contributed by atoms with Gasteiger partial charge in [-0.05, 0) is 55.5 Å². The van der Waals surface area contributed by atoms with Gasteiger partial charge < -0.3 is 20.4 Å². The molecule has 0 saturated carbocycles. The summed E-state index contributed by atoms with van der Waals surface area (Å²) in [4.78, 5) is 34.6. The topological polar surface area (TPSA) is 127 Å². The number of nitrogens with one attached hydrogen (secondary N) is 3. The summed E-state index contributed by atoms with van der Waals surface area (Å²) in [6.45, 7) is 1.84. The number of aryl methyl sites for hydroxylation is 1. The zero-order valence-corrected chi connectivity index (χ0v) is 15.5. The second kappa shape index (κ2) is 8.70. The van der Waals surface area contributed by atoms with Gasteiger partial charge in [0.25, 0.3) is 11.6 Å². The van der Waals surface area contributed by atoms with Crippen LogP contribution in [0.4, 0.5) is 21.9 Å². The van der Waals surface area contributed by atoms with Crippen LogP contribution in [0, 0.1) is 17.0 Å². The minimum atomic E-state index is -0.493. The van der Waals surface area contributed by atoms with Gasteiger partial charge in [-0.2, -0.15) is 0 Å². The molecule has 1 aromatic heterocycles. The van der Waals surface area contributed by atoms with Crippen molar-refractivity contribution in [1.29, 1.82) is 0 Å². The molecule has 9 nitrogen and oxygen atoms in total. The van der Waals surface area contributed by atoms with Crippen molar-refractivity contribution >= 4 is 29.0 Å². The van der Waals surface area contributed by atoms with Crippen molar-refractivity contribution in [1.82, 2.24) is 5.32 Å². The number of benzene rings is 2. The van der Waals surface area contributed by atoms with Crippen LogP contribution in [0.15, 0.2) is 65.3 Å². The Labute approximate surface area is 165 Å². The van der Waals surface area contributed by atoms with Gasteiger partial charge in [-0.15, -0.1) is 0 Å². The molecule has 3 amide bonds. The number of hydrogen-bond donors (Lipinski definition) is 3. The molecular weight excluding hydrogens is 376 g/mol. The average Bonchev–Trinajstić information content (AvgIpc) is 3.21. The summed E-state index contributed by atoms with van der Waals surface area (Å²) in [5.74, 6) is 0.250. The van der Waals surface area contributed by atoms with E-state index in [9.17, 15) is 19.7 Å². The van der Waals surface area contributed by atoms with Crippen LogP contribution in [0.3, 0.4) is 0 Å². The molecule has 148 valence electrons. The highest BCUT2D eigenvalue weighted by molar-refractivity contribution is 6.04. The number of nitrogens with zero attached hydrogens (tertiary/aromatic N) is 1. The number of furan rings is 1. The number of anilines is 2. The third kappa shape index (κ3) is 5.19. The second-order valence-corrected chi connectivity index (χ2v) is 6.18. The van der Waals surface area contributed by atoms with Gasteiger partial charge >= 0.3 is 6.03 Å². The molecule has 29 heavy (non-hydrogen) atoms. The minimum Gasteiger partial charge on any atom is -0.467 e. The molecule has 0 radical (unpaired) electrons. The first-order valence-corrected chi connectivity index (χ1v) is 8.66. The Hall–Kier alpha value is -4.14. The third-order valence-electron chi connectivity index (χ3n) is 4.06. The standard InChI is InChI=1S/C20H18N4O5/c1-13-11-14(4-9-18(13)24(27)28)19(25)22-15-5-7-16(8-6-15)23-20(26)21-12-17-3-2-10-29-17/h2-11H,12H2,1H3,(H,22,25)(H2,21,23,26). The van der Waals surface area contributed by atoms with Crippen molar-refractivity contribution in [2.45, 2.75) is 13.5 Å². The molecule has 3 rings (SSSR count). The lowest BCUT2D eigenvalue weighted by molar-refractivity contribution is -0.385. The molecule has 0 spiro atoms. The maximum Gasteiger partial charge on any atom is 0.319 e. The van der Waals surface area contributed by atoms with E-state index >= 15 is 0 Å². The van der Waals surface area contributed by atoms with E-state index in [4.69, 9.17) is 4.42 Å². The number of amides is 3. The van der Waals surface area contributed by atoms with Crippen LogP contribution in [0.1, 0.15) is 21.7 Å². The lowest BCUT2D eigenvalue weighted by Crippen LogP contribution is -2.27. The van der Waals surface area contributed by atoms with Crippen LogP contribution in [0.5, 0.6) is 0 Å². The van der Waals surface area contributed by atoms with E-state index in [1.807, 2.05) is 0 Å². The summed E-state index contributed by atoms with van der Waals surface area (Å²) in [5, 5.41) is 18.9. The van der Waals surface area contributed by atoms with Gasteiger partial charge in [0.1, 0.15) is 5.76 Å². The first kappa shape index (κ1) is 19.6. The van der Waals surface area contributed by atoms with Crippen molar-refractivity contribution in [3.05, 3.63) is 87.9 Å². The molecule has 3 N–H and O–H groups in total. The summed E-state index contributed by atoms with van der Waals surface area (Å²) in [6.07, 6.45) is 1.53. The number of urea groups is 1. The van der Waals surface area contributed by atoms with Crippen molar-refractivity contribution in [3.63, 3.8) is 0 Å². The van der Waals surface area contributed by atoms with Crippen molar-refractivity contribution in [2.24, 2.45) is 0 Å². The Kier molecular flexibility index (Phi) is 5.88. The molecule has 1 heterocycles. The molecule has 0 fully saturated rings. The zero-order valence-electron chi connectivity index (χ0n) is 15.5. The van der Waals surface area contributed by atoms with Gasteiger partial charge in [0, 0.05) is 28.6 Å². The molecule has 9 heteroatoms. The zero-order chi connectivity index (χ0) is 20.8. The number of carbonyl (C=O) groups is 2. The highest BCUT2D eigenvalue weighted by Crippen LogP contribution is 2.20. The summed E-state index contributed by atoms with van der Waals surface area (Å²) in [7, 11) is 0. The maximum absolute atomic E-state index is 12.3. The summed E-state index contributed by atoms with van der Waals surface area (Å²) >= 11 is 0. The molecule has 0 saturated heterocycles. The van der Waals surface area contributed by atoms with Gasteiger partial charge in [0.15, 0.2) is 0 Å². The summed E-state index contributed by atoms with van der Waals surface area (Å²) in [6, 6.07) is 13.8. The van der Waals surface area contributed by atoms with Gasteiger partial charge in [-0.3, -0.25) is 14.9 Å². The predicted octanol–water partition coefficient (Wildman–Crippen LogP) is 4.07. The fourth-order valence-electron chi connectivity index (χ4n) is 2.60. The second-order valence-electron chi connectivity index (χ2n) is 6.18. The van der Waals surface area contributed by atoms with Crippen LogP contribution < -0.4 is 16.0 Å². The maximum atomic E-state index is 12.3. The fourth-order valence-corrected chi connectivity index (χ4v) is 2.60. The molecule has 2 aromatic carbocycles. The molecule has 0 aliphatic rings. The van der Waals surface area contributed by atoms with E-state index in [-0.39, 0.29) is 24.2 Å². The van der Waals surface area contributed by atoms with E-state index in [0.29, 0.717) is 28.3 Å². The highest BCUT2D eigenvalue weighted by Gasteiger charge is 2.14. The Morgan fingerprint density at radius 3 is 2.31 bits per heavy atom. The van der Waals surface area contributed by atoms with Crippen LogP contribution in [0.2, 0.25) is 0 Å². The van der Waals surface area contributed by atoms with Gasteiger partial charge in [-0.1, -0.05) is 0 Å². The predicted molar refractivity (Wildman–Crippen MR) is 107 cm³/mol. The fraction of sp³-hybridized carbons (Fsp3) is 0.100. The van der Waals surface area contributed by atoms with Crippen molar-refractivity contribution in [3.8, 4) is 0 Å². The molecule has 0 aliphatic heterocycles. The van der Waals surface area contributed by atoms with Crippen LogP contribution in [0.25, 0.3) is 0 Å². The number of nitro groups is 1. The number of carbonyl (C=O) groups excluding carboxylic acids is 2. The Morgan fingerprint density at radius 1 is 1.03 bits per heavy atom. The monoisotopic (exact) mass is 394 g/mol. The SMILES string of the molecule is Cc1cc(C(=O)Nc2ccc(NC(=O)NCc3ccco3)cc2)ccc1[N+](=O)[O-]. The molecule has 0 aliphatic carbocycles. The normalized spacial score (nSPS) is 10.2. The quantitative estimate of drug-likeness (QED) is 0.429. The van der Waals surface area contributed by atoms with E-state index < -0.39 is 4.92 Å². The number of nitro benzene ring substituents is 1. The van der Waals surface area contributed by atoms with Gasteiger partial charge in [0.2, 0.25) is 0 Å². The minimum absolute atomic E-state index is 0.0395. The van der Waals surface area contributed by atoms with Crippen molar-refractivity contribution < 1.29 is 18.9 Å². The first-order valence-electron chi connectivity index (χ1n) is 8.66. The summed E-state index contributed by atoms with van der Waals surface area (Å²) < 4.78 is 5.13. The third-order valence-corrected chi connectivity index (χ3v) is 4.06. The molecule has 0 unspecified atom stereocenters. The van der Waals surface area contributed by atoms with Crippen LogP contribution in [-0.4, -0.2) is 16.9 Å². The smallest absolute Gasteiger partial charge is 0.319 e. The Morgan fingerprint density at radius 2 is 1.72 bits per heavy atom. The molecule has 0 bridgehead atoms. The molecule has 3 aromatic rings. The van der Waals surface area contributed by atoms with Crippen LogP contribution >= 0.6 is 0 Å². The van der Waals surface area contributed by atoms with Crippen molar-refractivity contribution in [2.75, 3.05) is 10.6 Å². The van der Waals surface area contributed by atoms with Gasteiger partial charge in [-0.25, -0.2) is 4.79 Å². The average molecular weight is 394 g/mol. The van der Waals surface area contributed by atoms with E-state index in [1.165, 1.54) is 24.5 Å². The van der Waals surface area contributed by atoms with E-state index in [1.54, 1.807) is 43.3 Å². The van der Waals surface area contributed by atoms with E-state index in [0.717, 1.165) is 0 Å². The van der Waals surface area contributed by atoms with E-state index in [2.05, 4.69) is 16.0 Å².